The third-order valence-electron chi connectivity index (χ3n) is 6.30. The minimum Gasteiger partial charge on any atom is -0.391 e. The van der Waals surface area contributed by atoms with Crippen molar-refractivity contribution >= 4 is 17.2 Å². The summed E-state index contributed by atoms with van der Waals surface area (Å²) in [7, 11) is 0. The van der Waals surface area contributed by atoms with E-state index in [-0.39, 0.29) is 24.1 Å². The van der Waals surface area contributed by atoms with Gasteiger partial charge in [0.1, 0.15) is 0 Å². The average Bonchev–Trinajstić information content (AvgIpc) is 3.23. The van der Waals surface area contributed by atoms with Crippen LogP contribution in [0.1, 0.15) is 30.2 Å². The fourth-order valence-electron chi connectivity index (χ4n) is 4.83. The summed E-state index contributed by atoms with van der Waals surface area (Å²) in [6.07, 6.45) is 1.48. The van der Waals surface area contributed by atoms with E-state index in [0.29, 0.717) is 6.54 Å². The molecule has 1 aromatic carbocycles. The molecule has 156 valence electrons. The van der Waals surface area contributed by atoms with E-state index in [1.54, 1.807) is 18.3 Å². The van der Waals surface area contributed by atoms with Gasteiger partial charge in [-0.25, -0.2) is 0 Å². The van der Waals surface area contributed by atoms with Crippen molar-refractivity contribution in [1.82, 2.24) is 14.7 Å². The van der Waals surface area contributed by atoms with Crippen molar-refractivity contribution in [2.45, 2.75) is 51.0 Å². The van der Waals surface area contributed by atoms with Gasteiger partial charge in [0.2, 0.25) is 5.91 Å². The molecule has 1 amide bonds. The maximum Gasteiger partial charge on any atom is 0.219 e. The van der Waals surface area contributed by atoms with Crippen molar-refractivity contribution in [2.75, 3.05) is 26.2 Å². The first-order valence-corrected chi connectivity index (χ1v) is 11.5. The van der Waals surface area contributed by atoms with E-state index >= 15 is 0 Å². The van der Waals surface area contributed by atoms with Crippen LogP contribution in [0.15, 0.2) is 47.8 Å². The van der Waals surface area contributed by atoms with Gasteiger partial charge in [-0.15, -0.1) is 11.3 Å². The molecule has 3 heterocycles. The average molecular weight is 414 g/mol. The fraction of sp³-hybridized carbons (Fsp3) is 0.522. The minimum absolute atomic E-state index is 0.0334. The molecule has 2 fully saturated rings. The van der Waals surface area contributed by atoms with Gasteiger partial charge in [-0.1, -0.05) is 36.4 Å². The predicted molar refractivity (Wildman–Crippen MR) is 117 cm³/mol. The van der Waals surface area contributed by atoms with Gasteiger partial charge < -0.3 is 10.0 Å². The molecule has 0 radical (unpaired) electrons. The molecule has 4 rings (SSSR count). The summed E-state index contributed by atoms with van der Waals surface area (Å²) in [6.45, 7) is 6.67. The number of amides is 1. The molecule has 3 atom stereocenters. The molecular weight excluding hydrogens is 382 g/mol. The van der Waals surface area contributed by atoms with E-state index in [9.17, 15) is 9.90 Å². The highest BCUT2D eigenvalue weighted by molar-refractivity contribution is 7.09. The molecular formula is C23H31N3O2S. The second kappa shape index (κ2) is 9.39. The number of carbonyl (C=O) groups is 1. The van der Waals surface area contributed by atoms with Crippen LogP contribution in [-0.4, -0.2) is 70.1 Å². The summed E-state index contributed by atoms with van der Waals surface area (Å²) in [5, 5.41) is 13.2. The van der Waals surface area contributed by atoms with Crippen LogP contribution in [0, 0.1) is 0 Å². The second-order valence-electron chi connectivity index (χ2n) is 8.24. The summed E-state index contributed by atoms with van der Waals surface area (Å²) in [6, 6.07) is 14.9. The Bertz CT molecular complexity index is 783. The number of benzene rings is 1. The predicted octanol–water partition coefficient (Wildman–Crippen LogP) is 2.81. The highest BCUT2D eigenvalue weighted by Gasteiger charge is 2.42. The fourth-order valence-corrected chi connectivity index (χ4v) is 5.55. The molecule has 2 aliphatic heterocycles. The molecule has 3 unspecified atom stereocenters. The highest BCUT2D eigenvalue weighted by Crippen LogP contribution is 2.29. The number of thiophene rings is 1. The Labute approximate surface area is 177 Å². The topological polar surface area (TPSA) is 47.0 Å². The Morgan fingerprint density at radius 2 is 1.90 bits per heavy atom. The lowest BCUT2D eigenvalue weighted by molar-refractivity contribution is -0.135. The van der Waals surface area contributed by atoms with Gasteiger partial charge in [-0.2, -0.15) is 0 Å². The number of likely N-dealkylation sites (tertiary alicyclic amines) is 1. The number of aliphatic hydroxyl groups excluding tert-OH is 1. The first kappa shape index (κ1) is 20.5. The van der Waals surface area contributed by atoms with Gasteiger partial charge in [-0.05, 0) is 36.4 Å². The van der Waals surface area contributed by atoms with Crippen LogP contribution in [0.2, 0.25) is 0 Å². The van der Waals surface area contributed by atoms with Crippen LogP contribution >= 0.6 is 11.3 Å². The molecule has 6 heteroatoms. The first-order valence-electron chi connectivity index (χ1n) is 10.6. The highest BCUT2D eigenvalue weighted by atomic mass is 32.1. The van der Waals surface area contributed by atoms with Gasteiger partial charge in [0.05, 0.1) is 12.1 Å². The van der Waals surface area contributed by atoms with Gasteiger partial charge in [-0.3, -0.25) is 14.6 Å². The summed E-state index contributed by atoms with van der Waals surface area (Å²) >= 11 is 1.78. The van der Waals surface area contributed by atoms with Crippen LogP contribution < -0.4 is 0 Å². The zero-order valence-corrected chi connectivity index (χ0v) is 17.9. The number of carbonyl (C=O) groups excluding carboxylic acids is 1. The molecule has 5 nitrogen and oxygen atoms in total. The molecule has 1 N–H and O–H groups in total. The molecule has 2 aliphatic rings. The van der Waals surface area contributed by atoms with E-state index in [2.05, 4.69) is 51.6 Å². The van der Waals surface area contributed by atoms with Crippen molar-refractivity contribution in [3.8, 4) is 0 Å². The molecule has 1 aromatic heterocycles. The second-order valence-corrected chi connectivity index (χ2v) is 9.27. The molecule has 0 bridgehead atoms. The standard InChI is InChI=1S/C23H31N3O2S/c1-18(27)24-12-13-25(16-20-9-6-14-29-20)21(17-24)23-22(28)10-5-11-26(23)15-19-7-3-2-4-8-19/h2-4,6-9,14,21-23,28H,5,10-13,15-17H2,1H3. The Hall–Kier alpha value is -1.73. The maximum absolute atomic E-state index is 12.1. The third kappa shape index (κ3) is 4.89. The molecule has 29 heavy (non-hydrogen) atoms. The van der Waals surface area contributed by atoms with Crippen LogP contribution in [0.25, 0.3) is 0 Å². The number of rotatable bonds is 5. The number of hydrogen-bond donors (Lipinski definition) is 1. The van der Waals surface area contributed by atoms with Crippen molar-refractivity contribution in [3.05, 3.63) is 58.3 Å². The molecule has 2 aromatic rings. The Kier molecular flexibility index (Phi) is 6.65. The first-order chi connectivity index (χ1) is 14.1. The molecule has 2 saturated heterocycles. The zero-order chi connectivity index (χ0) is 20.2. The number of hydrogen-bond acceptors (Lipinski definition) is 5. The lowest BCUT2D eigenvalue weighted by Gasteiger charge is -2.50. The largest absolute Gasteiger partial charge is 0.391 e. The van der Waals surface area contributed by atoms with Gasteiger partial charge in [0, 0.05) is 50.6 Å². The van der Waals surface area contributed by atoms with Crippen molar-refractivity contribution in [2.24, 2.45) is 0 Å². The minimum atomic E-state index is -0.366. The summed E-state index contributed by atoms with van der Waals surface area (Å²) in [5.74, 6) is 0.130. The van der Waals surface area contributed by atoms with Crippen LogP contribution in [0.3, 0.4) is 0 Å². The van der Waals surface area contributed by atoms with Gasteiger partial charge in [0.25, 0.3) is 0 Å². The van der Waals surface area contributed by atoms with Crippen molar-refractivity contribution < 1.29 is 9.90 Å². The van der Waals surface area contributed by atoms with Crippen molar-refractivity contribution in [1.29, 1.82) is 0 Å². The summed E-state index contributed by atoms with van der Waals surface area (Å²) in [4.78, 5) is 20.4. The van der Waals surface area contributed by atoms with Crippen LogP contribution in [-0.2, 0) is 17.9 Å². The normalized spacial score (nSPS) is 26.6. The number of piperidine rings is 1. The lowest BCUT2D eigenvalue weighted by atomic mass is 9.89. The smallest absolute Gasteiger partial charge is 0.219 e. The van der Waals surface area contributed by atoms with E-state index in [1.165, 1.54) is 10.4 Å². The SMILES string of the molecule is CC(=O)N1CCN(Cc2cccs2)C(C2C(O)CCCN2Cc2ccccc2)C1. The van der Waals surface area contributed by atoms with Gasteiger partial charge >= 0.3 is 0 Å². The number of nitrogens with zero attached hydrogens (tertiary/aromatic N) is 3. The monoisotopic (exact) mass is 413 g/mol. The Balaban J connectivity index is 1.59. The molecule has 0 saturated carbocycles. The van der Waals surface area contributed by atoms with Crippen LogP contribution in [0.5, 0.6) is 0 Å². The van der Waals surface area contributed by atoms with Crippen LogP contribution in [0.4, 0.5) is 0 Å². The van der Waals surface area contributed by atoms with E-state index < -0.39 is 0 Å². The molecule has 0 spiro atoms. The Morgan fingerprint density at radius 3 is 2.62 bits per heavy atom. The quantitative estimate of drug-likeness (QED) is 0.819. The lowest BCUT2D eigenvalue weighted by Crippen LogP contribution is -2.65. The van der Waals surface area contributed by atoms with E-state index in [4.69, 9.17) is 0 Å². The van der Waals surface area contributed by atoms with Crippen molar-refractivity contribution in [3.63, 3.8) is 0 Å². The molecule has 0 aliphatic carbocycles. The maximum atomic E-state index is 12.1. The zero-order valence-electron chi connectivity index (χ0n) is 17.1. The number of piperazine rings is 1. The third-order valence-corrected chi connectivity index (χ3v) is 7.16. The van der Waals surface area contributed by atoms with Gasteiger partial charge in [0.15, 0.2) is 0 Å². The summed E-state index contributed by atoms with van der Waals surface area (Å²) < 4.78 is 0. The Morgan fingerprint density at radius 1 is 1.07 bits per heavy atom. The van der Waals surface area contributed by atoms with E-state index in [1.807, 2.05) is 11.0 Å². The van der Waals surface area contributed by atoms with E-state index in [0.717, 1.165) is 45.6 Å². The summed E-state index contributed by atoms with van der Waals surface area (Å²) in [5.41, 5.74) is 1.27. The number of aliphatic hydroxyl groups is 1.